The van der Waals surface area contributed by atoms with Gasteiger partial charge in [-0.3, -0.25) is 4.79 Å². The van der Waals surface area contributed by atoms with Gasteiger partial charge in [-0.15, -0.1) is 11.3 Å². The predicted molar refractivity (Wildman–Crippen MR) is 106 cm³/mol. The van der Waals surface area contributed by atoms with Crippen molar-refractivity contribution in [3.8, 4) is 0 Å². The van der Waals surface area contributed by atoms with E-state index in [1.54, 1.807) is 16.2 Å². The number of likely N-dealkylation sites (tertiary alicyclic amines) is 1. The molecule has 0 aliphatic carbocycles. The van der Waals surface area contributed by atoms with Crippen LogP contribution in [-0.4, -0.2) is 38.1 Å². The molecular formula is C21H31N3OS+2. The van der Waals surface area contributed by atoms with Gasteiger partial charge in [0, 0.05) is 24.4 Å². The first-order valence-corrected chi connectivity index (χ1v) is 10.6. The molecule has 1 aliphatic rings. The lowest BCUT2D eigenvalue weighted by atomic mass is 10.0. The zero-order valence-corrected chi connectivity index (χ0v) is 16.5. The van der Waals surface area contributed by atoms with Gasteiger partial charge in [0.1, 0.15) is 13.1 Å². The number of likely N-dealkylation sites (N-methyl/N-ethyl adjacent to an activating group) is 1. The highest BCUT2D eigenvalue weighted by Gasteiger charge is 2.24. The molecule has 0 saturated carbocycles. The number of hydrogen-bond donors (Lipinski definition) is 3. The first kappa shape index (κ1) is 19.1. The van der Waals surface area contributed by atoms with Crippen LogP contribution >= 0.6 is 11.3 Å². The smallest absolute Gasteiger partial charge is 0.275 e. The van der Waals surface area contributed by atoms with Gasteiger partial charge in [-0.25, -0.2) is 0 Å². The minimum absolute atomic E-state index is 0.204. The van der Waals surface area contributed by atoms with Crippen LogP contribution in [0.1, 0.15) is 30.2 Å². The molecule has 1 unspecified atom stereocenters. The Balaban J connectivity index is 1.38. The van der Waals surface area contributed by atoms with E-state index in [1.165, 1.54) is 15.3 Å². The van der Waals surface area contributed by atoms with Gasteiger partial charge in [-0.2, -0.15) is 0 Å². The average molecular weight is 374 g/mol. The van der Waals surface area contributed by atoms with E-state index in [0.29, 0.717) is 12.6 Å². The molecule has 0 radical (unpaired) electrons. The topological polar surface area (TPSA) is 38.0 Å². The SMILES string of the molecule is CC[NH+](CC(=O)NC1CC[NH+](Cc2ccccc2)CC1)Cc1cccs1. The van der Waals surface area contributed by atoms with Crippen molar-refractivity contribution < 1.29 is 14.6 Å². The quantitative estimate of drug-likeness (QED) is 0.620. The number of carbonyl (C=O) groups excluding carboxylic acids is 1. The molecule has 1 atom stereocenters. The third kappa shape index (κ3) is 5.94. The van der Waals surface area contributed by atoms with Crippen LogP contribution in [0.2, 0.25) is 0 Å². The van der Waals surface area contributed by atoms with Gasteiger partial charge in [0.15, 0.2) is 6.54 Å². The summed E-state index contributed by atoms with van der Waals surface area (Å²) >= 11 is 1.77. The molecular weight excluding hydrogens is 342 g/mol. The highest BCUT2D eigenvalue weighted by molar-refractivity contribution is 7.09. The van der Waals surface area contributed by atoms with Crippen LogP contribution in [0.5, 0.6) is 0 Å². The lowest BCUT2D eigenvalue weighted by Crippen LogP contribution is -3.12. The minimum Gasteiger partial charge on any atom is -0.348 e. The van der Waals surface area contributed by atoms with Crippen LogP contribution in [0.25, 0.3) is 0 Å². The van der Waals surface area contributed by atoms with E-state index in [-0.39, 0.29) is 5.91 Å². The van der Waals surface area contributed by atoms with Gasteiger partial charge in [0.2, 0.25) is 0 Å². The zero-order valence-electron chi connectivity index (χ0n) is 15.7. The van der Waals surface area contributed by atoms with E-state index in [1.807, 2.05) is 0 Å². The van der Waals surface area contributed by atoms with E-state index in [0.717, 1.165) is 45.6 Å². The number of piperidine rings is 1. The van der Waals surface area contributed by atoms with Crippen molar-refractivity contribution in [3.63, 3.8) is 0 Å². The van der Waals surface area contributed by atoms with E-state index in [4.69, 9.17) is 0 Å². The second-order valence-electron chi connectivity index (χ2n) is 7.29. The maximum Gasteiger partial charge on any atom is 0.275 e. The van der Waals surface area contributed by atoms with Gasteiger partial charge in [0.05, 0.1) is 24.5 Å². The van der Waals surface area contributed by atoms with Crippen LogP contribution in [0.3, 0.4) is 0 Å². The molecule has 2 heterocycles. The average Bonchev–Trinajstić information content (AvgIpc) is 3.17. The first-order valence-electron chi connectivity index (χ1n) is 9.75. The molecule has 0 bridgehead atoms. The Kier molecular flexibility index (Phi) is 7.23. The number of benzene rings is 1. The normalized spacial score (nSPS) is 21.3. The monoisotopic (exact) mass is 373 g/mol. The Bertz CT molecular complexity index is 651. The Labute approximate surface area is 160 Å². The van der Waals surface area contributed by atoms with E-state index >= 15 is 0 Å². The molecule has 1 saturated heterocycles. The minimum atomic E-state index is 0.204. The molecule has 1 amide bonds. The molecule has 26 heavy (non-hydrogen) atoms. The number of nitrogens with one attached hydrogen (secondary N) is 3. The van der Waals surface area contributed by atoms with Crippen molar-refractivity contribution in [3.05, 3.63) is 58.3 Å². The fraction of sp³-hybridized carbons (Fsp3) is 0.476. The summed E-state index contributed by atoms with van der Waals surface area (Å²) in [6.45, 7) is 8.02. The Morgan fingerprint density at radius 1 is 1.19 bits per heavy atom. The summed E-state index contributed by atoms with van der Waals surface area (Å²) in [6.07, 6.45) is 2.17. The first-order chi connectivity index (χ1) is 12.7. The number of hydrogen-bond acceptors (Lipinski definition) is 2. The van der Waals surface area contributed by atoms with Crippen molar-refractivity contribution in [2.24, 2.45) is 0 Å². The fourth-order valence-corrected chi connectivity index (χ4v) is 4.49. The molecule has 0 spiro atoms. The van der Waals surface area contributed by atoms with Crippen molar-refractivity contribution in [2.45, 2.75) is 38.9 Å². The largest absolute Gasteiger partial charge is 0.348 e. The van der Waals surface area contributed by atoms with E-state index < -0.39 is 0 Å². The van der Waals surface area contributed by atoms with Crippen molar-refractivity contribution in [2.75, 3.05) is 26.2 Å². The molecule has 4 nitrogen and oxygen atoms in total. The zero-order chi connectivity index (χ0) is 18.2. The van der Waals surface area contributed by atoms with Crippen molar-refractivity contribution in [1.29, 1.82) is 0 Å². The summed E-state index contributed by atoms with van der Waals surface area (Å²) in [5.74, 6) is 0.204. The van der Waals surface area contributed by atoms with Crippen molar-refractivity contribution >= 4 is 17.2 Å². The summed E-state index contributed by atoms with van der Waals surface area (Å²) in [5, 5.41) is 5.38. The molecule has 140 valence electrons. The molecule has 1 fully saturated rings. The highest BCUT2D eigenvalue weighted by atomic mass is 32.1. The maximum absolute atomic E-state index is 12.4. The molecule has 5 heteroatoms. The fourth-order valence-electron chi connectivity index (χ4n) is 3.71. The third-order valence-electron chi connectivity index (χ3n) is 5.27. The standard InChI is InChI=1S/C21H29N3OS/c1-2-23(16-20-9-6-14-26-20)17-21(25)22-19-10-12-24(13-11-19)15-18-7-4-3-5-8-18/h3-9,14,19H,2,10-13,15-17H2,1H3,(H,22,25)/p+2. The molecule has 2 aromatic rings. The van der Waals surface area contributed by atoms with Crippen molar-refractivity contribution in [1.82, 2.24) is 5.32 Å². The molecule has 1 aromatic carbocycles. The van der Waals surface area contributed by atoms with Gasteiger partial charge < -0.3 is 15.1 Å². The summed E-state index contributed by atoms with van der Waals surface area (Å²) in [6, 6.07) is 15.3. The van der Waals surface area contributed by atoms with E-state index in [9.17, 15) is 4.79 Å². The summed E-state index contributed by atoms with van der Waals surface area (Å²) in [5.41, 5.74) is 1.40. The maximum atomic E-state index is 12.4. The van der Waals surface area contributed by atoms with Crippen LogP contribution in [-0.2, 0) is 17.9 Å². The lowest BCUT2D eigenvalue weighted by molar-refractivity contribution is -0.918. The molecule has 3 rings (SSSR count). The van der Waals surface area contributed by atoms with Crippen LogP contribution in [0.4, 0.5) is 0 Å². The highest BCUT2D eigenvalue weighted by Crippen LogP contribution is 2.06. The second kappa shape index (κ2) is 9.86. The Morgan fingerprint density at radius 3 is 2.62 bits per heavy atom. The molecule has 1 aliphatic heterocycles. The number of rotatable bonds is 8. The van der Waals surface area contributed by atoms with Crippen LogP contribution < -0.4 is 15.1 Å². The van der Waals surface area contributed by atoms with E-state index in [2.05, 4.69) is 60.1 Å². The summed E-state index contributed by atoms with van der Waals surface area (Å²) < 4.78 is 0. The number of thiophene rings is 1. The second-order valence-corrected chi connectivity index (χ2v) is 8.32. The number of carbonyl (C=O) groups is 1. The van der Waals surface area contributed by atoms with Crippen LogP contribution in [0, 0.1) is 0 Å². The molecule has 3 N–H and O–H groups in total. The summed E-state index contributed by atoms with van der Waals surface area (Å²) in [4.78, 5) is 16.8. The number of quaternary nitrogens is 2. The summed E-state index contributed by atoms with van der Waals surface area (Å²) in [7, 11) is 0. The van der Waals surface area contributed by atoms with Gasteiger partial charge in [0.25, 0.3) is 5.91 Å². The Morgan fingerprint density at radius 2 is 1.96 bits per heavy atom. The Hall–Kier alpha value is -1.69. The third-order valence-corrected chi connectivity index (χ3v) is 6.15. The van der Waals surface area contributed by atoms with Gasteiger partial charge >= 0.3 is 0 Å². The van der Waals surface area contributed by atoms with Crippen LogP contribution in [0.15, 0.2) is 47.8 Å². The molecule has 1 aromatic heterocycles. The number of amides is 1. The lowest BCUT2D eigenvalue weighted by Gasteiger charge is -2.30. The van der Waals surface area contributed by atoms with Gasteiger partial charge in [-0.1, -0.05) is 36.4 Å². The predicted octanol–water partition coefficient (Wildman–Crippen LogP) is 0.517. The van der Waals surface area contributed by atoms with Gasteiger partial charge in [-0.05, 0) is 18.4 Å².